The van der Waals surface area contributed by atoms with Crippen LogP contribution in [0.5, 0.6) is 0 Å². The molecular formula is C30H26ClF5N2O2RuS. The fourth-order valence-electron chi connectivity index (χ4n) is 4.68. The SMILES string of the molecule is Cc1ccc(C(C)C)c(N([C@H](c2ccccc2)[C@H](N)c2ccccc2)S(=O)(=O)c2c(F)c(F)c(F)c(F)c2F)c1Cl.[Ru]. The van der Waals surface area contributed by atoms with Crippen LogP contribution in [0, 0.1) is 36.0 Å². The number of hydrogen-bond donors (Lipinski definition) is 1. The average molecular weight is 710 g/mol. The third kappa shape index (κ3) is 5.97. The Kier molecular flexibility index (Phi) is 10.6. The van der Waals surface area contributed by atoms with E-state index in [1.807, 2.05) is 0 Å². The number of nitrogens with two attached hydrogens (primary N) is 1. The predicted molar refractivity (Wildman–Crippen MR) is 149 cm³/mol. The van der Waals surface area contributed by atoms with Crippen LogP contribution in [0.1, 0.15) is 54.1 Å². The molecule has 0 aliphatic heterocycles. The van der Waals surface area contributed by atoms with Gasteiger partial charge < -0.3 is 5.73 Å². The van der Waals surface area contributed by atoms with E-state index < -0.39 is 56.1 Å². The van der Waals surface area contributed by atoms with Crippen LogP contribution in [0.25, 0.3) is 0 Å². The quantitative estimate of drug-likeness (QED) is 0.0871. The molecule has 0 amide bonds. The minimum atomic E-state index is -5.60. The first kappa shape index (κ1) is 33.7. The molecule has 0 unspecified atom stereocenters. The van der Waals surface area contributed by atoms with Gasteiger partial charge in [0.15, 0.2) is 28.2 Å². The average Bonchev–Trinajstić information content (AvgIpc) is 2.95. The minimum absolute atomic E-state index is 0. The van der Waals surface area contributed by atoms with Crippen LogP contribution in [0.2, 0.25) is 5.02 Å². The van der Waals surface area contributed by atoms with E-state index in [9.17, 15) is 21.6 Å². The summed E-state index contributed by atoms with van der Waals surface area (Å²) in [7, 11) is -5.60. The maximum atomic E-state index is 15.2. The third-order valence-corrected chi connectivity index (χ3v) is 9.07. The molecule has 4 nitrogen and oxygen atoms in total. The molecule has 0 fully saturated rings. The maximum Gasteiger partial charge on any atom is 0.271 e. The van der Waals surface area contributed by atoms with Crippen LogP contribution < -0.4 is 10.0 Å². The number of benzene rings is 4. The summed E-state index contributed by atoms with van der Waals surface area (Å²) in [4.78, 5) is -2.01. The predicted octanol–water partition coefficient (Wildman–Crippen LogP) is 8.10. The second-order valence-corrected chi connectivity index (χ2v) is 11.9. The molecule has 4 aromatic carbocycles. The monoisotopic (exact) mass is 710 g/mol. The van der Waals surface area contributed by atoms with Crippen LogP contribution >= 0.6 is 11.6 Å². The van der Waals surface area contributed by atoms with Crippen LogP contribution in [-0.2, 0) is 29.5 Å². The Morgan fingerprint density at radius 1 is 0.738 bits per heavy atom. The zero-order valence-electron chi connectivity index (χ0n) is 22.5. The van der Waals surface area contributed by atoms with E-state index in [2.05, 4.69) is 0 Å². The van der Waals surface area contributed by atoms with Gasteiger partial charge in [-0.05, 0) is 35.1 Å². The van der Waals surface area contributed by atoms with Crippen molar-refractivity contribution in [3.05, 3.63) is 129 Å². The zero-order chi connectivity index (χ0) is 30.2. The Morgan fingerprint density at radius 3 is 1.67 bits per heavy atom. The van der Waals surface area contributed by atoms with E-state index in [1.165, 1.54) is 0 Å². The minimum Gasteiger partial charge on any atom is -0.322 e. The number of aryl methyl sites for hydroxylation is 1. The van der Waals surface area contributed by atoms with Gasteiger partial charge in [0.1, 0.15) is 0 Å². The van der Waals surface area contributed by atoms with Gasteiger partial charge in [-0.15, -0.1) is 0 Å². The molecule has 224 valence electrons. The van der Waals surface area contributed by atoms with Crippen molar-refractivity contribution in [2.24, 2.45) is 5.73 Å². The Morgan fingerprint density at radius 2 is 1.19 bits per heavy atom. The molecule has 4 aromatic rings. The van der Waals surface area contributed by atoms with E-state index in [-0.39, 0.29) is 41.7 Å². The molecule has 0 spiro atoms. The van der Waals surface area contributed by atoms with Gasteiger partial charge in [-0.2, -0.15) is 0 Å². The van der Waals surface area contributed by atoms with Gasteiger partial charge in [-0.1, -0.05) is 98.2 Å². The van der Waals surface area contributed by atoms with E-state index >= 15 is 8.78 Å². The molecule has 0 bridgehead atoms. The molecule has 42 heavy (non-hydrogen) atoms. The fraction of sp³-hybridized carbons (Fsp3) is 0.200. The summed E-state index contributed by atoms with van der Waals surface area (Å²) < 4.78 is 103. The van der Waals surface area contributed by atoms with Gasteiger partial charge in [-0.25, -0.2) is 30.4 Å². The van der Waals surface area contributed by atoms with Crippen molar-refractivity contribution in [2.75, 3.05) is 4.31 Å². The Bertz CT molecular complexity index is 1660. The molecule has 0 aliphatic carbocycles. The van der Waals surface area contributed by atoms with Crippen LogP contribution in [0.15, 0.2) is 77.7 Å². The molecule has 12 heteroatoms. The van der Waals surface area contributed by atoms with Crippen LogP contribution in [-0.4, -0.2) is 8.42 Å². The van der Waals surface area contributed by atoms with Gasteiger partial charge in [0.2, 0.25) is 5.82 Å². The second-order valence-electron chi connectivity index (χ2n) is 9.78. The molecule has 0 aliphatic rings. The summed E-state index contributed by atoms with van der Waals surface area (Å²) in [6.45, 7) is 5.07. The number of rotatable bonds is 8. The Hall–Kier alpha value is -2.85. The van der Waals surface area contributed by atoms with Gasteiger partial charge in [-0.3, -0.25) is 4.31 Å². The van der Waals surface area contributed by atoms with E-state index in [4.69, 9.17) is 17.3 Å². The van der Waals surface area contributed by atoms with Crippen LogP contribution in [0.3, 0.4) is 0 Å². The number of hydrogen-bond acceptors (Lipinski definition) is 3. The van der Waals surface area contributed by atoms with Crippen molar-refractivity contribution >= 4 is 27.3 Å². The van der Waals surface area contributed by atoms with Crippen molar-refractivity contribution < 1.29 is 49.8 Å². The van der Waals surface area contributed by atoms with Gasteiger partial charge in [0.05, 0.1) is 22.8 Å². The normalized spacial score (nSPS) is 13.0. The third-order valence-electron chi connectivity index (χ3n) is 6.79. The number of sulfonamides is 1. The van der Waals surface area contributed by atoms with Gasteiger partial charge in [0, 0.05) is 19.5 Å². The Labute approximate surface area is 259 Å². The summed E-state index contributed by atoms with van der Waals surface area (Å²) in [6, 6.07) is 16.9. The number of anilines is 1. The summed E-state index contributed by atoms with van der Waals surface area (Å²) in [5, 5.41) is -0.0927. The Balaban J connectivity index is 0.00000484. The van der Waals surface area contributed by atoms with Crippen molar-refractivity contribution in [3.8, 4) is 0 Å². The van der Waals surface area contributed by atoms with Gasteiger partial charge in [0.25, 0.3) is 10.0 Å². The molecule has 0 saturated carbocycles. The summed E-state index contributed by atoms with van der Waals surface area (Å²) >= 11 is 6.74. The number of halogens is 6. The van der Waals surface area contributed by atoms with Crippen molar-refractivity contribution in [1.82, 2.24) is 0 Å². The first-order chi connectivity index (χ1) is 19.3. The number of nitrogens with zero attached hydrogens (tertiary/aromatic N) is 1. The molecule has 4 rings (SSSR count). The maximum absolute atomic E-state index is 15.2. The zero-order valence-corrected chi connectivity index (χ0v) is 25.8. The van der Waals surface area contributed by atoms with E-state index in [0.29, 0.717) is 21.0 Å². The van der Waals surface area contributed by atoms with E-state index in [0.717, 1.165) is 0 Å². The topological polar surface area (TPSA) is 63.4 Å². The van der Waals surface area contributed by atoms with E-state index in [1.54, 1.807) is 93.6 Å². The van der Waals surface area contributed by atoms with Crippen molar-refractivity contribution in [1.29, 1.82) is 0 Å². The first-order valence-electron chi connectivity index (χ1n) is 12.5. The molecule has 0 heterocycles. The molecule has 2 N–H and O–H groups in total. The largest absolute Gasteiger partial charge is 0.322 e. The summed E-state index contributed by atoms with van der Waals surface area (Å²) in [5.41, 5.74) is 7.99. The standard InChI is InChI=1S/C30H26ClF5N2O2S.Ru/c1-16(2)20-15-14-17(3)21(31)29(20)38(41(39,40)30-25(35)23(33)22(32)24(34)26(30)36)28(19-12-8-5-9-13-19)27(37)18-10-6-4-7-11-18;/h4-16,27-28H,37H2,1-3H3;/t27-,28-;/m1./s1. The van der Waals surface area contributed by atoms with Crippen LogP contribution in [0.4, 0.5) is 27.6 Å². The molecule has 2 atom stereocenters. The molecule has 0 aromatic heterocycles. The summed E-state index contributed by atoms with van der Waals surface area (Å²) in [6.07, 6.45) is 0. The summed E-state index contributed by atoms with van der Waals surface area (Å²) in [5.74, 6) is -12.7. The molecule has 0 saturated heterocycles. The smallest absolute Gasteiger partial charge is 0.271 e. The van der Waals surface area contributed by atoms with Crippen molar-refractivity contribution in [3.63, 3.8) is 0 Å². The fourth-order valence-corrected chi connectivity index (χ4v) is 6.82. The molecular weight excluding hydrogens is 684 g/mol. The molecule has 0 radical (unpaired) electrons. The van der Waals surface area contributed by atoms with Crippen molar-refractivity contribution in [2.45, 2.75) is 43.7 Å². The van der Waals surface area contributed by atoms with Gasteiger partial charge >= 0.3 is 0 Å². The second kappa shape index (κ2) is 13.2. The first-order valence-corrected chi connectivity index (χ1v) is 14.3.